The summed E-state index contributed by atoms with van der Waals surface area (Å²) >= 11 is 1.63. The number of hydrogen-bond acceptors (Lipinski definition) is 5. The second kappa shape index (κ2) is 6.96. The Morgan fingerprint density at radius 1 is 1.32 bits per heavy atom. The van der Waals surface area contributed by atoms with E-state index in [0.29, 0.717) is 23.0 Å². The number of carbonyl (C=O) groups is 1. The summed E-state index contributed by atoms with van der Waals surface area (Å²) in [6.07, 6.45) is 6.62. The van der Waals surface area contributed by atoms with Crippen LogP contribution in [0.2, 0.25) is 0 Å². The Balaban J connectivity index is 1.61. The van der Waals surface area contributed by atoms with E-state index in [1.54, 1.807) is 11.8 Å². The number of hydrogen-bond donors (Lipinski definition) is 1. The van der Waals surface area contributed by atoms with Crippen molar-refractivity contribution >= 4 is 17.7 Å². The van der Waals surface area contributed by atoms with Gasteiger partial charge in [-0.2, -0.15) is 16.7 Å². The molecule has 0 aliphatic heterocycles. The van der Waals surface area contributed by atoms with Crippen LogP contribution in [0.1, 0.15) is 46.0 Å². The van der Waals surface area contributed by atoms with E-state index in [1.807, 2.05) is 18.4 Å². The van der Waals surface area contributed by atoms with Crippen LogP contribution in [0.4, 0.5) is 0 Å². The smallest absolute Gasteiger partial charge is 0.251 e. The second-order valence-electron chi connectivity index (χ2n) is 5.41. The fraction of sp³-hybridized carbons (Fsp3) is 0.438. The lowest BCUT2D eigenvalue weighted by Crippen LogP contribution is -2.23. The maximum atomic E-state index is 12.2. The third-order valence-corrected chi connectivity index (χ3v) is 4.34. The Labute approximate surface area is 133 Å². The topological polar surface area (TPSA) is 68.0 Å². The van der Waals surface area contributed by atoms with Gasteiger partial charge in [0.15, 0.2) is 5.82 Å². The van der Waals surface area contributed by atoms with E-state index >= 15 is 0 Å². The predicted octanol–water partition coefficient (Wildman–Crippen LogP) is 2.74. The normalized spacial score (nSPS) is 13.7. The zero-order valence-electron chi connectivity index (χ0n) is 12.6. The number of aromatic nitrogens is 2. The van der Waals surface area contributed by atoms with E-state index in [1.165, 1.54) is 24.0 Å². The molecule has 6 heteroatoms. The van der Waals surface area contributed by atoms with Crippen LogP contribution in [-0.4, -0.2) is 22.3 Å². The van der Waals surface area contributed by atoms with Gasteiger partial charge < -0.3 is 9.84 Å². The lowest BCUT2D eigenvalue weighted by molar-refractivity contribution is 0.0946. The summed E-state index contributed by atoms with van der Waals surface area (Å²) in [6.45, 7) is 0.261. The minimum absolute atomic E-state index is 0.0991. The van der Waals surface area contributed by atoms with Gasteiger partial charge in [0.25, 0.3) is 5.91 Å². The third kappa shape index (κ3) is 3.50. The van der Waals surface area contributed by atoms with Crippen molar-refractivity contribution in [1.29, 1.82) is 0 Å². The first-order valence-electron chi connectivity index (χ1n) is 7.46. The molecular weight excluding hydrogens is 298 g/mol. The van der Waals surface area contributed by atoms with Gasteiger partial charge in [-0.05, 0) is 55.2 Å². The number of nitrogens with zero attached hydrogens (tertiary/aromatic N) is 2. The first-order valence-corrected chi connectivity index (χ1v) is 8.86. The fourth-order valence-electron chi connectivity index (χ4n) is 2.68. The first kappa shape index (κ1) is 15.1. The zero-order chi connectivity index (χ0) is 15.4. The van der Waals surface area contributed by atoms with E-state index in [4.69, 9.17) is 4.52 Å². The highest BCUT2D eigenvalue weighted by Gasteiger charge is 2.13. The standard InChI is InChI=1S/C16H19N3O2S/c1-22-10-14-18-15(21-19-14)9-17-16(20)13-7-6-11-4-2-3-5-12(11)8-13/h6-8H,2-5,9-10H2,1H3,(H,17,20). The lowest BCUT2D eigenvalue weighted by Gasteiger charge is -2.16. The molecule has 1 aliphatic carbocycles. The average molecular weight is 317 g/mol. The van der Waals surface area contributed by atoms with Crippen LogP contribution in [0.5, 0.6) is 0 Å². The number of nitrogens with one attached hydrogen (secondary N) is 1. The molecule has 0 spiro atoms. The van der Waals surface area contributed by atoms with Crippen LogP contribution in [0.25, 0.3) is 0 Å². The Morgan fingerprint density at radius 3 is 2.95 bits per heavy atom. The SMILES string of the molecule is CSCc1noc(CNC(=O)c2ccc3c(c2)CCCC3)n1. The van der Waals surface area contributed by atoms with Gasteiger partial charge >= 0.3 is 0 Å². The summed E-state index contributed by atoms with van der Waals surface area (Å²) in [5, 5.41) is 6.69. The van der Waals surface area contributed by atoms with Crippen LogP contribution in [0.3, 0.4) is 0 Å². The van der Waals surface area contributed by atoms with E-state index in [-0.39, 0.29) is 12.5 Å². The van der Waals surface area contributed by atoms with Gasteiger partial charge in [-0.15, -0.1) is 0 Å². The van der Waals surface area contributed by atoms with Crippen LogP contribution in [-0.2, 0) is 25.1 Å². The maximum absolute atomic E-state index is 12.2. The Hall–Kier alpha value is -1.82. The van der Waals surface area contributed by atoms with Gasteiger partial charge in [-0.25, -0.2) is 0 Å². The molecule has 0 atom stereocenters. The Kier molecular flexibility index (Phi) is 4.77. The highest BCUT2D eigenvalue weighted by Crippen LogP contribution is 2.22. The summed E-state index contributed by atoms with van der Waals surface area (Å²) in [7, 11) is 0. The van der Waals surface area contributed by atoms with Crippen molar-refractivity contribution in [3.05, 3.63) is 46.6 Å². The van der Waals surface area contributed by atoms with Gasteiger partial charge in [-0.1, -0.05) is 11.2 Å². The van der Waals surface area contributed by atoms with Crippen LogP contribution in [0, 0.1) is 0 Å². The van der Waals surface area contributed by atoms with Crippen LogP contribution >= 0.6 is 11.8 Å². The molecule has 1 aromatic carbocycles. The van der Waals surface area contributed by atoms with Crippen molar-refractivity contribution < 1.29 is 9.32 Å². The summed E-state index contributed by atoms with van der Waals surface area (Å²) < 4.78 is 5.10. The predicted molar refractivity (Wildman–Crippen MR) is 85.8 cm³/mol. The van der Waals surface area contributed by atoms with Gasteiger partial charge in [0.2, 0.25) is 5.89 Å². The van der Waals surface area contributed by atoms with Gasteiger partial charge in [0.1, 0.15) is 0 Å². The molecule has 1 aromatic heterocycles. The van der Waals surface area contributed by atoms with Gasteiger partial charge in [0, 0.05) is 5.56 Å². The largest absolute Gasteiger partial charge is 0.343 e. The number of aryl methyl sites for hydroxylation is 2. The Morgan fingerprint density at radius 2 is 2.14 bits per heavy atom. The van der Waals surface area contributed by atoms with Crippen molar-refractivity contribution in [2.75, 3.05) is 6.26 Å². The van der Waals surface area contributed by atoms with E-state index in [2.05, 4.69) is 21.5 Å². The second-order valence-corrected chi connectivity index (χ2v) is 6.28. The number of amides is 1. The highest BCUT2D eigenvalue weighted by molar-refractivity contribution is 7.97. The highest BCUT2D eigenvalue weighted by atomic mass is 32.2. The molecule has 0 radical (unpaired) electrons. The fourth-order valence-corrected chi connectivity index (χ4v) is 3.06. The minimum Gasteiger partial charge on any atom is -0.343 e. The molecule has 0 saturated heterocycles. The minimum atomic E-state index is -0.0991. The van der Waals surface area contributed by atoms with E-state index in [9.17, 15) is 4.79 Å². The molecule has 0 bridgehead atoms. The average Bonchev–Trinajstić information content (AvgIpc) is 3.00. The summed E-state index contributed by atoms with van der Waals surface area (Å²) in [5.41, 5.74) is 3.38. The molecule has 116 valence electrons. The summed E-state index contributed by atoms with van der Waals surface area (Å²) in [5.74, 6) is 1.71. The molecule has 0 unspecified atom stereocenters. The molecule has 1 aliphatic rings. The molecule has 3 rings (SSSR count). The van der Waals surface area contributed by atoms with Crippen molar-refractivity contribution in [1.82, 2.24) is 15.5 Å². The molecule has 22 heavy (non-hydrogen) atoms. The number of rotatable bonds is 5. The molecule has 0 saturated carbocycles. The van der Waals surface area contributed by atoms with Gasteiger partial charge in [0.05, 0.1) is 12.3 Å². The van der Waals surface area contributed by atoms with Gasteiger partial charge in [-0.3, -0.25) is 4.79 Å². The van der Waals surface area contributed by atoms with E-state index < -0.39 is 0 Å². The molecule has 1 heterocycles. The monoisotopic (exact) mass is 317 g/mol. The van der Waals surface area contributed by atoms with Crippen LogP contribution in [0.15, 0.2) is 22.7 Å². The summed E-state index contributed by atoms with van der Waals surface area (Å²) in [6, 6.07) is 5.98. The van der Waals surface area contributed by atoms with E-state index in [0.717, 1.165) is 12.8 Å². The zero-order valence-corrected chi connectivity index (χ0v) is 13.4. The molecule has 1 amide bonds. The number of thioether (sulfide) groups is 1. The van der Waals surface area contributed by atoms with Crippen molar-refractivity contribution in [2.45, 2.75) is 38.0 Å². The number of fused-ring (bicyclic) bond motifs is 1. The molecular formula is C16H19N3O2S. The number of carbonyl (C=O) groups excluding carboxylic acids is 1. The number of benzene rings is 1. The molecule has 0 fully saturated rings. The van der Waals surface area contributed by atoms with Crippen molar-refractivity contribution in [2.24, 2.45) is 0 Å². The Bertz CT molecular complexity index is 669. The first-order chi connectivity index (χ1) is 10.8. The summed E-state index contributed by atoms with van der Waals surface area (Å²) in [4.78, 5) is 16.5. The molecule has 5 nitrogen and oxygen atoms in total. The van der Waals surface area contributed by atoms with Crippen LogP contribution < -0.4 is 5.32 Å². The molecule has 2 aromatic rings. The van der Waals surface area contributed by atoms with Crippen molar-refractivity contribution in [3.8, 4) is 0 Å². The third-order valence-electron chi connectivity index (χ3n) is 3.79. The quantitative estimate of drug-likeness (QED) is 0.918. The van der Waals surface area contributed by atoms with Crippen molar-refractivity contribution in [3.63, 3.8) is 0 Å². The lowest BCUT2D eigenvalue weighted by atomic mass is 9.90. The maximum Gasteiger partial charge on any atom is 0.251 e. The molecule has 1 N–H and O–H groups in total.